The number of ether oxygens (including phenoxy) is 2. The molecule has 2 aliphatic rings. The average Bonchev–Trinajstić information content (AvgIpc) is 2.79. The van der Waals surface area contributed by atoms with Gasteiger partial charge < -0.3 is 20.1 Å². The zero-order valence-electron chi connectivity index (χ0n) is 18.4. The first-order valence-electron chi connectivity index (χ1n) is 11.3. The second kappa shape index (κ2) is 9.82. The van der Waals surface area contributed by atoms with Crippen molar-refractivity contribution in [2.24, 2.45) is 0 Å². The van der Waals surface area contributed by atoms with E-state index in [1.54, 1.807) is 0 Å². The lowest BCUT2D eigenvalue weighted by atomic mass is 9.97. The molecule has 4 rings (SSSR count). The minimum atomic E-state index is 0.521. The zero-order chi connectivity index (χ0) is 20.9. The van der Waals surface area contributed by atoms with E-state index in [2.05, 4.69) is 60.0 Å². The van der Waals surface area contributed by atoms with E-state index in [0.717, 1.165) is 71.1 Å². The number of nitrogen functional groups attached to an aromatic ring is 1. The largest absolute Gasteiger partial charge is 0.398 e. The second-order valence-corrected chi connectivity index (χ2v) is 8.42. The summed E-state index contributed by atoms with van der Waals surface area (Å²) in [5.74, 6) is 0. The van der Waals surface area contributed by atoms with E-state index in [9.17, 15) is 0 Å². The van der Waals surface area contributed by atoms with Crippen LogP contribution in [0.25, 0.3) is 11.1 Å². The SMILES string of the molecule is CCN(c1cc(-c2ccc(CN3CCOCC3)cc2)cc(N)c1C)C1CCOCC1. The fraction of sp³-hybridized carbons (Fsp3) is 0.520. The Morgan fingerprint density at radius 3 is 2.30 bits per heavy atom. The van der Waals surface area contributed by atoms with Crippen LogP contribution in [-0.2, 0) is 16.0 Å². The van der Waals surface area contributed by atoms with E-state index in [1.165, 1.54) is 27.9 Å². The third-order valence-electron chi connectivity index (χ3n) is 6.50. The summed E-state index contributed by atoms with van der Waals surface area (Å²) in [5, 5.41) is 0. The Kier molecular flexibility index (Phi) is 6.93. The highest BCUT2D eigenvalue weighted by Gasteiger charge is 2.23. The van der Waals surface area contributed by atoms with E-state index in [4.69, 9.17) is 15.2 Å². The van der Waals surface area contributed by atoms with Crippen molar-refractivity contribution in [1.82, 2.24) is 4.90 Å². The molecule has 0 bridgehead atoms. The lowest BCUT2D eigenvalue weighted by molar-refractivity contribution is 0.0342. The van der Waals surface area contributed by atoms with E-state index in [1.807, 2.05) is 0 Å². The van der Waals surface area contributed by atoms with Gasteiger partial charge in [0.15, 0.2) is 0 Å². The van der Waals surface area contributed by atoms with Gasteiger partial charge in [-0.2, -0.15) is 0 Å². The van der Waals surface area contributed by atoms with E-state index < -0.39 is 0 Å². The van der Waals surface area contributed by atoms with Gasteiger partial charge in [0.25, 0.3) is 0 Å². The summed E-state index contributed by atoms with van der Waals surface area (Å²) in [6, 6.07) is 13.9. The number of rotatable bonds is 6. The molecule has 162 valence electrons. The lowest BCUT2D eigenvalue weighted by Crippen LogP contribution is -2.39. The van der Waals surface area contributed by atoms with Gasteiger partial charge in [-0.25, -0.2) is 0 Å². The monoisotopic (exact) mass is 409 g/mol. The molecule has 0 aliphatic carbocycles. The van der Waals surface area contributed by atoms with E-state index in [0.29, 0.717) is 6.04 Å². The maximum Gasteiger partial charge on any atom is 0.0594 e. The predicted molar refractivity (Wildman–Crippen MR) is 124 cm³/mol. The van der Waals surface area contributed by atoms with Gasteiger partial charge in [0, 0.05) is 56.8 Å². The Morgan fingerprint density at radius 1 is 0.967 bits per heavy atom. The molecule has 0 atom stereocenters. The normalized spacial score (nSPS) is 18.5. The maximum absolute atomic E-state index is 6.46. The first-order chi connectivity index (χ1) is 14.7. The van der Waals surface area contributed by atoms with Crippen molar-refractivity contribution in [2.45, 2.75) is 39.3 Å². The number of benzene rings is 2. The van der Waals surface area contributed by atoms with Crippen LogP contribution in [-0.4, -0.2) is 57.0 Å². The molecular formula is C25H35N3O2. The Balaban J connectivity index is 1.56. The first-order valence-corrected chi connectivity index (χ1v) is 11.3. The zero-order valence-corrected chi connectivity index (χ0v) is 18.4. The lowest BCUT2D eigenvalue weighted by Gasteiger charge is -2.36. The molecule has 30 heavy (non-hydrogen) atoms. The summed E-state index contributed by atoms with van der Waals surface area (Å²) in [5.41, 5.74) is 13.5. The van der Waals surface area contributed by atoms with Crippen LogP contribution >= 0.6 is 0 Å². The second-order valence-electron chi connectivity index (χ2n) is 8.42. The van der Waals surface area contributed by atoms with Crippen LogP contribution in [0.4, 0.5) is 11.4 Å². The Morgan fingerprint density at radius 2 is 1.63 bits per heavy atom. The standard InChI is InChI=1S/C25H35N3O2/c1-3-28(23-8-12-29-13-9-23)25-17-22(16-24(26)19(25)2)21-6-4-20(5-7-21)18-27-10-14-30-15-11-27/h4-7,16-17,23H,3,8-15,18,26H2,1-2H3. The summed E-state index contributed by atoms with van der Waals surface area (Å²) in [7, 11) is 0. The van der Waals surface area contributed by atoms with Crippen LogP contribution in [0.3, 0.4) is 0 Å². The van der Waals surface area contributed by atoms with Crippen molar-refractivity contribution < 1.29 is 9.47 Å². The van der Waals surface area contributed by atoms with Crippen LogP contribution in [0, 0.1) is 6.92 Å². The average molecular weight is 410 g/mol. The third-order valence-corrected chi connectivity index (χ3v) is 6.50. The summed E-state index contributed by atoms with van der Waals surface area (Å²) in [4.78, 5) is 4.97. The smallest absolute Gasteiger partial charge is 0.0594 e. The van der Waals surface area contributed by atoms with Crippen LogP contribution in [0.5, 0.6) is 0 Å². The molecule has 0 unspecified atom stereocenters. The summed E-state index contributed by atoms with van der Waals surface area (Å²) in [6.07, 6.45) is 2.15. The molecule has 2 heterocycles. The van der Waals surface area contributed by atoms with Crippen LogP contribution in [0.15, 0.2) is 36.4 Å². The molecule has 0 amide bonds. The predicted octanol–water partition coefficient (Wildman–Crippen LogP) is 4.08. The molecule has 0 spiro atoms. The molecular weight excluding hydrogens is 374 g/mol. The fourth-order valence-corrected chi connectivity index (χ4v) is 4.63. The van der Waals surface area contributed by atoms with Crippen molar-refractivity contribution in [2.75, 3.05) is 56.7 Å². The van der Waals surface area contributed by atoms with Crippen LogP contribution in [0.2, 0.25) is 0 Å². The molecule has 2 aliphatic heterocycles. The summed E-state index contributed by atoms with van der Waals surface area (Å²) >= 11 is 0. The number of morpholine rings is 1. The van der Waals surface area contributed by atoms with Gasteiger partial charge in [0.2, 0.25) is 0 Å². The van der Waals surface area contributed by atoms with Gasteiger partial charge in [-0.05, 0) is 61.1 Å². The van der Waals surface area contributed by atoms with Gasteiger partial charge in [-0.1, -0.05) is 24.3 Å². The maximum atomic E-state index is 6.46. The van der Waals surface area contributed by atoms with E-state index >= 15 is 0 Å². The number of nitrogens with zero attached hydrogens (tertiary/aromatic N) is 2. The molecule has 5 nitrogen and oxygen atoms in total. The Bertz CT molecular complexity index is 825. The Hall–Kier alpha value is -2.08. The molecule has 2 aromatic rings. The molecule has 2 saturated heterocycles. The topological polar surface area (TPSA) is 51.0 Å². The molecule has 0 aromatic heterocycles. The van der Waals surface area contributed by atoms with Crippen molar-refractivity contribution >= 4 is 11.4 Å². The minimum Gasteiger partial charge on any atom is -0.398 e. The third kappa shape index (κ3) is 4.80. The van der Waals surface area contributed by atoms with Gasteiger partial charge in [0.05, 0.1) is 13.2 Å². The number of anilines is 2. The highest BCUT2D eigenvalue weighted by molar-refractivity contribution is 5.77. The molecule has 0 saturated carbocycles. The molecule has 2 aromatic carbocycles. The summed E-state index contributed by atoms with van der Waals surface area (Å²) < 4.78 is 11.0. The van der Waals surface area contributed by atoms with Crippen LogP contribution < -0.4 is 10.6 Å². The van der Waals surface area contributed by atoms with Crippen molar-refractivity contribution in [1.29, 1.82) is 0 Å². The minimum absolute atomic E-state index is 0.521. The number of hydrogen-bond acceptors (Lipinski definition) is 5. The van der Waals surface area contributed by atoms with Gasteiger partial charge in [-0.3, -0.25) is 4.90 Å². The highest BCUT2D eigenvalue weighted by atomic mass is 16.5. The molecule has 2 fully saturated rings. The van der Waals surface area contributed by atoms with Crippen molar-refractivity contribution in [3.05, 3.63) is 47.5 Å². The van der Waals surface area contributed by atoms with Gasteiger partial charge in [-0.15, -0.1) is 0 Å². The Labute approximate surface area is 180 Å². The van der Waals surface area contributed by atoms with Crippen molar-refractivity contribution in [3.8, 4) is 11.1 Å². The number of nitrogens with two attached hydrogens (primary N) is 1. The van der Waals surface area contributed by atoms with E-state index in [-0.39, 0.29) is 0 Å². The first kappa shape index (κ1) is 21.2. The molecule has 2 N–H and O–H groups in total. The highest BCUT2D eigenvalue weighted by Crippen LogP contribution is 2.34. The summed E-state index contributed by atoms with van der Waals surface area (Å²) in [6.45, 7) is 11.7. The molecule has 5 heteroatoms. The number of hydrogen-bond donors (Lipinski definition) is 1. The quantitative estimate of drug-likeness (QED) is 0.729. The molecule has 0 radical (unpaired) electrons. The fourth-order valence-electron chi connectivity index (χ4n) is 4.63. The van der Waals surface area contributed by atoms with Gasteiger partial charge in [0.1, 0.15) is 0 Å². The van der Waals surface area contributed by atoms with Crippen molar-refractivity contribution in [3.63, 3.8) is 0 Å². The van der Waals surface area contributed by atoms with Gasteiger partial charge >= 0.3 is 0 Å². The van der Waals surface area contributed by atoms with Crippen LogP contribution in [0.1, 0.15) is 30.9 Å².